The minimum atomic E-state index is -3.58. The second-order valence-corrected chi connectivity index (χ2v) is 7.59. The average Bonchev–Trinajstić information content (AvgIpc) is 2.67. The summed E-state index contributed by atoms with van der Waals surface area (Å²) >= 11 is 0. The lowest BCUT2D eigenvalue weighted by molar-refractivity contribution is 0.146. The molecule has 0 aliphatic rings. The van der Waals surface area contributed by atoms with Crippen molar-refractivity contribution in [2.24, 2.45) is 0 Å². The molecular formula is C20H21NO4S. The molecule has 0 bridgehead atoms. The highest BCUT2D eigenvalue weighted by molar-refractivity contribution is 7.89. The molecule has 0 saturated carbocycles. The van der Waals surface area contributed by atoms with E-state index in [9.17, 15) is 8.42 Å². The third-order valence-corrected chi connectivity index (χ3v) is 5.39. The Morgan fingerprint density at radius 2 is 1.62 bits per heavy atom. The number of fused-ring (bicyclic) bond motifs is 1. The van der Waals surface area contributed by atoms with Crippen LogP contribution in [0.5, 0.6) is 5.75 Å². The zero-order chi connectivity index (χ0) is 18.4. The van der Waals surface area contributed by atoms with E-state index in [2.05, 4.69) is 4.72 Å². The van der Waals surface area contributed by atoms with Crippen LogP contribution in [0, 0.1) is 0 Å². The maximum Gasteiger partial charge on any atom is 0.240 e. The van der Waals surface area contributed by atoms with Crippen molar-refractivity contribution < 1.29 is 17.9 Å². The van der Waals surface area contributed by atoms with Crippen molar-refractivity contribution in [3.8, 4) is 5.75 Å². The number of rotatable bonds is 8. The highest BCUT2D eigenvalue weighted by Gasteiger charge is 2.13. The van der Waals surface area contributed by atoms with Crippen LogP contribution in [0.2, 0.25) is 0 Å². The molecule has 0 unspecified atom stereocenters. The van der Waals surface area contributed by atoms with Gasteiger partial charge in [-0.2, -0.15) is 0 Å². The number of ether oxygens (including phenoxy) is 2. The van der Waals surface area contributed by atoms with Gasteiger partial charge in [-0.25, -0.2) is 13.1 Å². The predicted molar refractivity (Wildman–Crippen MR) is 102 cm³/mol. The average molecular weight is 371 g/mol. The van der Waals surface area contributed by atoms with Gasteiger partial charge in [-0.05, 0) is 46.7 Å². The lowest BCUT2D eigenvalue weighted by Gasteiger charge is -2.09. The van der Waals surface area contributed by atoms with Crippen molar-refractivity contribution in [3.05, 3.63) is 72.3 Å². The number of methoxy groups -OCH3 is 1. The van der Waals surface area contributed by atoms with Gasteiger partial charge in [-0.15, -0.1) is 0 Å². The summed E-state index contributed by atoms with van der Waals surface area (Å²) in [7, 11) is -1.99. The maximum absolute atomic E-state index is 12.5. The molecule has 0 radical (unpaired) electrons. The molecule has 136 valence electrons. The summed E-state index contributed by atoms with van der Waals surface area (Å²) in [4.78, 5) is 0.206. The molecule has 26 heavy (non-hydrogen) atoms. The number of hydrogen-bond donors (Lipinski definition) is 1. The molecule has 3 aromatic rings. The van der Waals surface area contributed by atoms with E-state index in [0.29, 0.717) is 19.0 Å². The van der Waals surface area contributed by atoms with Gasteiger partial charge in [0, 0.05) is 13.7 Å². The predicted octanol–water partition coefficient (Wildman–Crippen LogP) is 3.34. The fourth-order valence-corrected chi connectivity index (χ4v) is 3.59. The van der Waals surface area contributed by atoms with Gasteiger partial charge in [0.15, 0.2) is 0 Å². The van der Waals surface area contributed by atoms with Crippen LogP contribution in [0.1, 0.15) is 5.56 Å². The summed E-state index contributed by atoms with van der Waals surface area (Å²) in [5.74, 6) is 0.607. The summed E-state index contributed by atoms with van der Waals surface area (Å²) in [5.41, 5.74) is 0.909. The first kappa shape index (κ1) is 18.4. The van der Waals surface area contributed by atoms with Crippen molar-refractivity contribution in [3.63, 3.8) is 0 Å². The van der Waals surface area contributed by atoms with Crippen molar-refractivity contribution in [1.29, 1.82) is 0 Å². The topological polar surface area (TPSA) is 64.6 Å². The molecule has 0 saturated heterocycles. The third-order valence-electron chi connectivity index (χ3n) is 3.97. The van der Waals surface area contributed by atoms with Crippen LogP contribution >= 0.6 is 0 Å². The molecule has 5 nitrogen and oxygen atoms in total. The van der Waals surface area contributed by atoms with Gasteiger partial charge in [0.05, 0.1) is 11.5 Å². The lowest BCUT2D eigenvalue weighted by atomic mass is 10.1. The largest absolute Gasteiger partial charge is 0.491 e. The van der Waals surface area contributed by atoms with E-state index in [0.717, 1.165) is 16.3 Å². The van der Waals surface area contributed by atoms with Crippen LogP contribution in [0.25, 0.3) is 10.8 Å². The van der Waals surface area contributed by atoms with Gasteiger partial charge in [0.1, 0.15) is 12.4 Å². The highest BCUT2D eigenvalue weighted by Crippen LogP contribution is 2.18. The van der Waals surface area contributed by atoms with E-state index in [1.807, 2.05) is 42.5 Å². The first-order chi connectivity index (χ1) is 12.6. The molecule has 0 spiro atoms. The molecule has 0 heterocycles. The molecule has 0 aromatic heterocycles. The van der Waals surface area contributed by atoms with Crippen LogP contribution in [-0.2, 0) is 21.3 Å². The standard InChI is InChI=1S/C20H21NO4S/c1-24-12-13-25-19-8-10-20(11-9-19)26(22,23)21-15-16-6-7-17-4-2-3-5-18(17)14-16/h2-11,14,21H,12-13,15H2,1H3. The normalized spacial score (nSPS) is 11.6. The first-order valence-corrected chi connectivity index (χ1v) is 9.76. The van der Waals surface area contributed by atoms with E-state index in [1.54, 1.807) is 19.2 Å². The minimum Gasteiger partial charge on any atom is -0.491 e. The monoisotopic (exact) mass is 371 g/mol. The van der Waals surface area contributed by atoms with Crippen molar-refractivity contribution in [1.82, 2.24) is 4.72 Å². The fourth-order valence-electron chi connectivity index (χ4n) is 2.57. The van der Waals surface area contributed by atoms with Crippen molar-refractivity contribution in [2.75, 3.05) is 20.3 Å². The van der Waals surface area contributed by atoms with Crippen LogP contribution in [0.15, 0.2) is 71.6 Å². The second-order valence-electron chi connectivity index (χ2n) is 5.82. The Hall–Kier alpha value is -2.41. The van der Waals surface area contributed by atoms with Gasteiger partial charge < -0.3 is 9.47 Å². The fraction of sp³-hybridized carbons (Fsp3) is 0.200. The Kier molecular flexibility index (Phi) is 5.88. The summed E-state index contributed by atoms with van der Waals surface area (Å²) in [6, 6.07) is 20.2. The van der Waals surface area contributed by atoms with Gasteiger partial charge in [0.2, 0.25) is 10.0 Å². The molecule has 6 heteroatoms. The Balaban J connectivity index is 1.65. The molecule has 0 aliphatic heterocycles. The Morgan fingerprint density at radius 1 is 0.885 bits per heavy atom. The molecule has 0 atom stereocenters. The maximum atomic E-state index is 12.5. The smallest absolute Gasteiger partial charge is 0.240 e. The van der Waals surface area contributed by atoms with E-state index in [1.165, 1.54) is 12.1 Å². The molecule has 0 amide bonds. The van der Waals surface area contributed by atoms with Gasteiger partial charge in [0.25, 0.3) is 0 Å². The zero-order valence-electron chi connectivity index (χ0n) is 14.5. The Labute approximate surface area is 153 Å². The van der Waals surface area contributed by atoms with Crippen LogP contribution in [-0.4, -0.2) is 28.7 Å². The highest BCUT2D eigenvalue weighted by atomic mass is 32.2. The lowest BCUT2D eigenvalue weighted by Crippen LogP contribution is -2.23. The summed E-state index contributed by atoms with van der Waals surface area (Å²) in [6.07, 6.45) is 0. The second kappa shape index (κ2) is 8.31. The van der Waals surface area contributed by atoms with E-state index >= 15 is 0 Å². The van der Waals surface area contributed by atoms with Crippen molar-refractivity contribution in [2.45, 2.75) is 11.4 Å². The minimum absolute atomic E-state index is 0.206. The van der Waals surface area contributed by atoms with Gasteiger partial charge >= 0.3 is 0 Å². The van der Waals surface area contributed by atoms with Crippen molar-refractivity contribution >= 4 is 20.8 Å². The summed E-state index contributed by atoms with van der Waals surface area (Å²) < 4.78 is 37.9. The molecule has 0 fully saturated rings. The SMILES string of the molecule is COCCOc1ccc(S(=O)(=O)NCc2ccc3ccccc3c2)cc1. The first-order valence-electron chi connectivity index (χ1n) is 8.28. The number of nitrogens with one attached hydrogen (secondary N) is 1. The van der Waals surface area contributed by atoms with Crippen LogP contribution in [0.3, 0.4) is 0 Å². The zero-order valence-corrected chi connectivity index (χ0v) is 15.3. The van der Waals surface area contributed by atoms with E-state index in [-0.39, 0.29) is 11.4 Å². The van der Waals surface area contributed by atoms with Crippen LogP contribution in [0.4, 0.5) is 0 Å². The van der Waals surface area contributed by atoms with E-state index < -0.39 is 10.0 Å². The Morgan fingerprint density at radius 3 is 2.35 bits per heavy atom. The van der Waals surface area contributed by atoms with Gasteiger partial charge in [-0.1, -0.05) is 36.4 Å². The molecule has 3 aromatic carbocycles. The molecular weight excluding hydrogens is 350 g/mol. The third kappa shape index (κ3) is 4.60. The number of hydrogen-bond acceptors (Lipinski definition) is 4. The van der Waals surface area contributed by atoms with Gasteiger partial charge in [-0.3, -0.25) is 0 Å². The van der Waals surface area contributed by atoms with Crippen LogP contribution < -0.4 is 9.46 Å². The molecule has 3 rings (SSSR count). The number of benzene rings is 3. The van der Waals surface area contributed by atoms with E-state index in [4.69, 9.17) is 9.47 Å². The quantitative estimate of drug-likeness (QED) is 0.617. The molecule has 1 N–H and O–H groups in total. The summed E-state index contributed by atoms with van der Waals surface area (Å²) in [6.45, 7) is 1.13. The summed E-state index contributed by atoms with van der Waals surface area (Å²) in [5, 5.41) is 2.21. The number of sulfonamides is 1. The Bertz CT molecular complexity index is 969. The molecule has 0 aliphatic carbocycles.